The molecule has 5 heteroatoms. The van der Waals surface area contributed by atoms with Gasteiger partial charge in [-0.3, -0.25) is 0 Å². The average Bonchev–Trinajstić information content (AvgIpc) is 2.16. The van der Waals surface area contributed by atoms with E-state index in [2.05, 4.69) is 12.6 Å². The molecule has 0 atom stereocenters. The van der Waals surface area contributed by atoms with Gasteiger partial charge in [-0.25, -0.2) is 13.6 Å². The summed E-state index contributed by atoms with van der Waals surface area (Å²) in [6.07, 6.45) is 0. The fourth-order valence-electron chi connectivity index (χ4n) is 1.51. The predicted molar refractivity (Wildman–Crippen MR) is 62.6 cm³/mol. The number of benzene rings is 2. The molecule has 2 aromatic carbocycles. The smallest absolute Gasteiger partial charge is 0.225 e. The lowest BCUT2D eigenvalue weighted by atomic mass is 10.1. The molecule has 0 radical (unpaired) electrons. The molecule has 0 unspecified atom stereocenters. The van der Waals surface area contributed by atoms with Crippen LogP contribution in [0.15, 0.2) is 46.2 Å². The normalized spacial score (nSPS) is 11.9. The maximum atomic E-state index is 11.3. The number of nitrogens with two attached hydrogens (primary N) is 1. The van der Waals surface area contributed by atoms with E-state index in [1.165, 1.54) is 6.07 Å². The maximum absolute atomic E-state index is 11.3. The Labute approximate surface area is 93.4 Å². The molecule has 0 amide bonds. The average molecular weight is 239 g/mol. The molecule has 0 spiro atoms. The van der Waals surface area contributed by atoms with E-state index in [0.717, 1.165) is 10.3 Å². The molecule has 0 fully saturated rings. The summed E-state index contributed by atoms with van der Waals surface area (Å²) >= 11 is 4.26. The van der Waals surface area contributed by atoms with Gasteiger partial charge >= 0.3 is 0 Å². The standard InChI is InChI=1S/C10H9NO2S2/c11-15(12,13)10-6-2-3-7-8(10)4-1-5-9(7)14/h1-6,14H,(H2,11,12,13). The van der Waals surface area contributed by atoms with Gasteiger partial charge in [-0.2, -0.15) is 0 Å². The Kier molecular flexibility index (Phi) is 2.46. The number of rotatable bonds is 1. The molecule has 0 aliphatic rings. The second-order valence-electron chi connectivity index (χ2n) is 3.17. The van der Waals surface area contributed by atoms with Crippen molar-refractivity contribution >= 4 is 33.4 Å². The highest BCUT2D eigenvalue weighted by molar-refractivity contribution is 7.89. The van der Waals surface area contributed by atoms with Crippen LogP contribution < -0.4 is 5.14 Å². The predicted octanol–water partition coefficient (Wildman–Crippen LogP) is 1.78. The minimum Gasteiger partial charge on any atom is -0.225 e. The van der Waals surface area contributed by atoms with E-state index < -0.39 is 10.0 Å². The molecule has 2 rings (SSSR count). The second-order valence-corrected chi connectivity index (χ2v) is 5.19. The molecule has 0 saturated carbocycles. The first-order valence-electron chi connectivity index (χ1n) is 4.23. The summed E-state index contributed by atoms with van der Waals surface area (Å²) in [6, 6.07) is 10.2. The third-order valence-electron chi connectivity index (χ3n) is 2.17. The summed E-state index contributed by atoms with van der Waals surface area (Å²) in [6.45, 7) is 0. The molecule has 0 saturated heterocycles. The van der Waals surface area contributed by atoms with Gasteiger partial charge in [0.15, 0.2) is 0 Å². The van der Waals surface area contributed by atoms with E-state index >= 15 is 0 Å². The van der Waals surface area contributed by atoms with Crippen molar-refractivity contribution in [1.82, 2.24) is 0 Å². The Balaban J connectivity index is 2.96. The minimum atomic E-state index is -3.68. The van der Waals surface area contributed by atoms with Crippen LogP contribution in [-0.2, 0) is 10.0 Å². The van der Waals surface area contributed by atoms with Gasteiger partial charge in [-0.15, -0.1) is 12.6 Å². The van der Waals surface area contributed by atoms with Crippen LogP contribution in [0.2, 0.25) is 0 Å². The molecule has 3 nitrogen and oxygen atoms in total. The van der Waals surface area contributed by atoms with Gasteiger partial charge < -0.3 is 0 Å². The number of primary sulfonamides is 1. The van der Waals surface area contributed by atoms with Crippen LogP contribution in [0.4, 0.5) is 0 Å². The van der Waals surface area contributed by atoms with Gasteiger partial charge in [-0.1, -0.05) is 24.3 Å². The van der Waals surface area contributed by atoms with Crippen LogP contribution in [0.5, 0.6) is 0 Å². The number of thiol groups is 1. The summed E-state index contributed by atoms with van der Waals surface area (Å²) in [4.78, 5) is 0.869. The SMILES string of the molecule is NS(=O)(=O)c1cccc2c(S)cccc12. The molecule has 2 aromatic rings. The molecular formula is C10H9NO2S2. The second kappa shape index (κ2) is 3.52. The summed E-state index contributed by atoms with van der Waals surface area (Å²) < 4.78 is 22.6. The van der Waals surface area contributed by atoms with Crippen LogP contribution in [-0.4, -0.2) is 8.42 Å². The monoisotopic (exact) mass is 239 g/mol. The highest BCUT2D eigenvalue weighted by Gasteiger charge is 2.12. The molecule has 0 bridgehead atoms. The van der Waals surface area contributed by atoms with Gasteiger partial charge in [-0.05, 0) is 17.5 Å². The van der Waals surface area contributed by atoms with Crippen molar-refractivity contribution in [2.45, 2.75) is 9.79 Å². The van der Waals surface area contributed by atoms with Crippen molar-refractivity contribution < 1.29 is 8.42 Å². The van der Waals surface area contributed by atoms with Crippen molar-refractivity contribution in [2.24, 2.45) is 5.14 Å². The van der Waals surface area contributed by atoms with E-state index in [4.69, 9.17) is 5.14 Å². The third-order valence-corrected chi connectivity index (χ3v) is 3.52. The zero-order valence-corrected chi connectivity index (χ0v) is 9.42. The zero-order valence-electron chi connectivity index (χ0n) is 7.71. The van der Waals surface area contributed by atoms with E-state index in [9.17, 15) is 8.42 Å². The first kappa shape index (κ1) is 10.5. The molecule has 0 aromatic heterocycles. The quantitative estimate of drug-likeness (QED) is 0.745. The first-order valence-corrected chi connectivity index (χ1v) is 6.23. The van der Waals surface area contributed by atoms with Gasteiger partial charge in [0.2, 0.25) is 10.0 Å². The molecule has 0 aliphatic carbocycles. The van der Waals surface area contributed by atoms with Crippen LogP contribution in [0, 0.1) is 0 Å². The van der Waals surface area contributed by atoms with Crippen LogP contribution in [0.25, 0.3) is 10.8 Å². The largest absolute Gasteiger partial charge is 0.238 e. The van der Waals surface area contributed by atoms with Gasteiger partial charge in [0, 0.05) is 10.3 Å². The Morgan fingerprint density at radius 1 is 1.00 bits per heavy atom. The van der Waals surface area contributed by atoms with E-state index in [1.807, 2.05) is 6.07 Å². The topological polar surface area (TPSA) is 60.2 Å². The number of hydrogen-bond acceptors (Lipinski definition) is 3. The highest BCUT2D eigenvalue weighted by atomic mass is 32.2. The van der Waals surface area contributed by atoms with Crippen LogP contribution in [0.3, 0.4) is 0 Å². The maximum Gasteiger partial charge on any atom is 0.238 e. The Bertz CT molecular complexity index is 620. The fraction of sp³-hybridized carbons (Fsp3) is 0. The molecule has 15 heavy (non-hydrogen) atoms. The Morgan fingerprint density at radius 3 is 2.27 bits per heavy atom. The summed E-state index contributed by atoms with van der Waals surface area (Å²) in [5, 5.41) is 6.51. The fourth-order valence-corrected chi connectivity index (χ4v) is 2.55. The Hall–Kier alpha value is -1.04. The van der Waals surface area contributed by atoms with Crippen molar-refractivity contribution in [3.05, 3.63) is 36.4 Å². The number of fused-ring (bicyclic) bond motifs is 1. The van der Waals surface area contributed by atoms with E-state index in [-0.39, 0.29) is 4.90 Å². The molecule has 0 aliphatic heterocycles. The summed E-state index contributed by atoms with van der Waals surface area (Å²) in [5.41, 5.74) is 0. The number of hydrogen-bond donors (Lipinski definition) is 2. The lowest BCUT2D eigenvalue weighted by Crippen LogP contribution is -2.12. The van der Waals surface area contributed by atoms with Gasteiger partial charge in [0.1, 0.15) is 0 Å². The zero-order chi connectivity index (χ0) is 11.1. The summed E-state index contributed by atoms with van der Waals surface area (Å²) in [5.74, 6) is 0. The Morgan fingerprint density at radius 2 is 1.60 bits per heavy atom. The highest BCUT2D eigenvalue weighted by Crippen LogP contribution is 2.26. The van der Waals surface area contributed by atoms with Crippen molar-refractivity contribution in [2.75, 3.05) is 0 Å². The first-order chi connectivity index (χ1) is 7.00. The molecule has 78 valence electrons. The van der Waals surface area contributed by atoms with Crippen molar-refractivity contribution in [3.63, 3.8) is 0 Å². The minimum absolute atomic E-state index is 0.135. The molecule has 0 heterocycles. The van der Waals surface area contributed by atoms with Crippen molar-refractivity contribution in [1.29, 1.82) is 0 Å². The lowest BCUT2D eigenvalue weighted by molar-refractivity contribution is 0.598. The summed E-state index contributed by atoms with van der Waals surface area (Å²) in [7, 11) is -3.68. The number of sulfonamides is 1. The van der Waals surface area contributed by atoms with Gasteiger partial charge in [0.05, 0.1) is 4.90 Å². The van der Waals surface area contributed by atoms with E-state index in [0.29, 0.717) is 5.39 Å². The van der Waals surface area contributed by atoms with Crippen molar-refractivity contribution in [3.8, 4) is 0 Å². The lowest BCUT2D eigenvalue weighted by Gasteiger charge is -2.05. The van der Waals surface area contributed by atoms with Gasteiger partial charge in [0.25, 0.3) is 0 Å². The third kappa shape index (κ3) is 1.86. The van der Waals surface area contributed by atoms with Crippen LogP contribution in [0.1, 0.15) is 0 Å². The molecule has 2 N–H and O–H groups in total. The van der Waals surface area contributed by atoms with E-state index in [1.54, 1.807) is 24.3 Å². The van der Waals surface area contributed by atoms with Crippen LogP contribution >= 0.6 is 12.6 Å². The molecular weight excluding hydrogens is 230 g/mol.